The summed E-state index contributed by atoms with van der Waals surface area (Å²) in [6.45, 7) is 3.89. The van der Waals surface area contributed by atoms with Crippen molar-refractivity contribution in [2.45, 2.75) is 51.5 Å². The predicted molar refractivity (Wildman–Crippen MR) is 119 cm³/mol. The first-order valence-corrected chi connectivity index (χ1v) is 10.4. The first kappa shape index (κ1) is 21.2. The Hall–Kier alpha value is -2.53. The van der Waals surface area contributed by atoms with E-state index in [1.807, 2.05) is 26.0 Å². The van der Waals surface area contributed by atoms with Crippen molar-refractivity contribution in [3.05, 3.63) is 82.7 Å². The van der Waals surface area contributed by atoms with Crippen LogP contribution >= 0.6 is 12.2 Å². The van der Waals surface area contributed by atoms with Crippen LogP contribution in [-0.4, -0.2) is 11.0 Å². The molecule has 1 atom stereocenters. The van der Waals surface area contributed by atoms with Crippen molar-refractivity contribution < 1.29 is 9.18 Å². The second-order valence-electron chi connectivity index (χ2n) is 7.87. The molecule has 0 saturated carbocycles. The highest BCUT2D eigenvalue weighted by atomic mass is 32.1. The van der Waals surface area contributed by atoms with E-state index < -0.39 is 5.54 Å². The van der Waals surface area contributed by atoms with Crippen LogP contribution in [0.5, 0.6) is 0 Å². The van der Waals surface area contributed by atoms with Gasteiger partial charge in [-0.2, -0.15) is 0 Å². The first-order valence-electron chi connectivity index (χ1n) is 10.0. The largest absolute Gasteiger partial charge is 0.353 e. The molecule has 3 nitrogen and oxygen atoms in total. The number of rotatable bonds is 5. The van der Waals surface area contributed by atoms with Crippen LogP contribution in [0.25, 0.3) is 0 Å². The maximum Gasteiger partial charge on any atom is 0.257 e. The molecule has 1 aliphatic rings. The van der Waals surface area contributed by atoms with E-state index in [0.29, 0.717) is 17.5 Å². The van der Waals surface area contributed by atoms with Crippen LogP contribution in [-0.2, 0) is 5.54 Å². The summed E-state index contributed by atoms with van der Waals surface area (Å²) in [5, 5.41) is 6.17. The predicted octanol–water partition coefficient (Wildman–Crippen LogP) is 5.54. The summed E-state index contributed by atoms with van der Waals surface area (Å²) < 4.78 is 14.8. The molecule has 2 N–H and O–H groups in total. The van der Waals surface area contributed by atoms with Gasteiger partial charge in [-0.25, -0.2) is 4.39 Å². The van der Waals surface area contributed by atoms with E-state index in [1.165, 1.54) is 18.1 Å². The fourth-order valence-electron chi connectivity index (χ4n) is 3.83. The summed E-state index contributed by atoms with van der Waals surface area (Å²) in [5.41, 5.74) is 2.59. The van der Waals surface area contributed by atoms with Gasteiger partial charge in [0.15, 0.2) is 5.11 Å². The molecule has 1 amide bonds. The van der Waals surface area contributed by atoms with Gasteiger partial charge in [0.05, 0.1) is 5.54 Å². The number of carbonyl (C=O) groups excluding carboxylic acids is 1. The van der Waals surface area contributed by atoms with Gasteiger partial charge in [-0.1, -0.05) is 47.5 Å². The highest BCUT2D eigenvalue weighted by Crippen LogP contribution is 2.34. The lowest BCUT2D eigenvalue weighted by Crippen LogP contribution is -2.50. The molecule has 0 bridgehead atoms. The minimum Gasteiger partial charge on any atom is -0.353 e. The zero-order chi connectivity index (χ0) is 20.9. The van der Waals surface area contributed by atoms with Crippen molar-refractivity contribution in [2.24, 2.45) is 0 Å². The molecule has 29 heavy (non-hydrogen) atoms. The van der Waals surface area contributed by atoms with Gasteiger partial charge in [0, 0.05) is 11.1 Å². The number of amides is 1. The van der Waals surface area contributed by atoms with Crippen molar-refractivity contribution in [2.75, 3.05) is 0 Å². The Labute approximate surface area is 177 Å². The Balaban J connectivity index is 1.84. The monoisotopic (exact) mass is 410 g/mol. The molecule has 0 aliphatic heterocycles. The summed E-state index contributed by atoms with van der Waals surface area (Å²) >= 11 is 5.44. The zero-order valence-electron chi connectivity index (χ0n) is 16.9. The molecule has 2 aromatic carbocycles. The molecule has 0 heterocycles. The van der Waals surface area contributed by atoms with Gasteiger partial charge in [0.2, 0.25) is 0 Å². The lowest BCUT2D eigenvalue weighted by Gasteiger charge is -2.35. The number of allylic oxidation sites excluding steroid dienone is 1. The molecular weight excluding hydrogens is 383 g/mol. The number of aryl methyl sites for hydroxylation is 1. The molecule has 1 aliphatic carbocycles. The Morgan fingerprint density at radius 3 is 2.62 bits per heavy atom. The van der Waals surface area contributed by atoms with Crippen LogP contribution < -0.4 is 10.6 Å². The third kappa shape index (κ3) is 5.51. The van der Waals surface area contributed by atoms with Gasteiger partial charge in [-0.3, -0.25) is 10.1 Å². The molecule has 0 saturated heterocycles. The minimum atomic E-state index is -0.764. The van der Waals surface area contributed by atoms with Gasteiger partial charge >= 0.3 is 0 Å². The Bertz CT molecular complexity index is 926. The number of thiocarbonyl (C=S) groups is 1. The lowest BCUT2D eigenvalue weighted by molar-refractivity contribution is 0.0976. The van der Waals surface area contributed by atoms with E-state index in [-0.39, 0.29) is 16.8 Å². The van der Waals surface area contributed by atoms with E-state index in [4.69, 9.17) is 12.2 Å². The smallest absolute Gasteiger partial charge is 0.257 e. The third-order valence-corrected chi connectivity index (χ3v) is 5.54. The topological polar surface area (TPSA) is 41.1 Å². The molecule has 5 heteroatoms. The fourth-order valence-corrected chi connectivity index (χ4v) is 4.15. The molecule has 2 aromatic rings. The van der Waals surface area contributed by atoms with Gasteiger partial charge in [-0.15, -0.1) is 0 Å². The summed E-state index contributed by atoms with van der Waals surface area (Å²) in [5.74, 6) is -0.564. The maximum atomic E-state index is 14.8. The van der Waals surface area contributed by atoms with Gasteiger partial charge in [0.1, 0.15) is 5.82 Å². The summed E-state index contributed by atoms with van der Waals surface area (Å²) in [7, 11) is 0. The number of benzene rings is 2. The van der Waals surface area contributed by atoms with Crippen molar-refractivity contribution in [3.63, 3.8) is 0 Å². The van der Waals surface area contributed by atoms with Crippen LogP contribution in [0.3, 0.4) is 0 Å². The lowest BCUT2D eigenvalue weighted by atomic mass is 9.81. The highest BCUT2D eigenvalue weighted by Gasteiger charge is 2.32. The van der Waals surface area contributed by atoms with Crippen LogP contribution in [0.15, 0.2) is 60.2 Å². The number of hydrogen-bond acceptors (Lipinski definition) is 2. The van der Waals surface area contributed by atoms with Gasteiger partial charge in [0.25, 0.3) is 5.91 Å². The molecule has 1 unspecified atom stereocenters. The molecule has 0 fully saturated rings. The normalized spacial score (nSPS) is 15.8. The number of nitrogens with one attached hydrogen (secondary N) is 2. The summed E-state index contributed by atoms with van der Waals surface area (Å²) in [6.07, 6.45) is 7.29. The van der Waals surface area contributed by atoms with E-state index >= 15 is 0 Å². The van der Waals surface area contributed by atoms with Crippen molar-refractivity contribution >= 4 is 23.2 Å². The fraction of sp³-hybridized carbons (Fsp3) is 0.333. The SMILES string of the molecule is Cc1ccc(F)c(C(C)(CC2=CCCCC2)NC(=S)NC(=O)c2ccccc2)c1. The van der Waals surface area contributed by atoms with Gasteiger partial charge < -0.3 is 5.32 Å². The quantitative estimate of drug-likeness (QED) is 0.502. The third-order valence-electron chi connectivity index (χ3n) is 5.33. The Kier molecular flexibility index (Phi) is 6.80. The second kappa shape index (κ2) is 9.31. The molecular formula is C24H27FN2OS. The van der Waals surface area contributed by atoms with Crippen LogP contribution in [0.2, 0.25) is 0 Å². The zero-order valence-corrected chi connectivity index (χ0v) is 17.7. The summed E-state index contributed by atoms with van der Waals surface area (Å²) in [6, 6.07) is 14.0. The molecule has 0 radical (unpaired) electrons. The van der Waals surface area contributed by atoms with Crippen molar-refractivity contribution in [1.29, 1.82) is 0 Å². The average molecular weight is 411 g/mol. The number of hydrogen-bond donors (Lipinski definition) is 2. The van der Waals surface area contributed by atoms with E-state index in [2.05, 4.69) is 16.7 Å². The Morgan fingerprint density at radius 1 is 1.17 bits per heavy atom. The van der Waals surface area contributed by atoms with E-state index in [9.17, 15) is 9.18 Å². The van der Waals surface area contributed by atoms with Crippen molar-refractivity contribution in [3.8, 4) is 0 Å². The van der Waals surface area contributed by atoms with Crippen LogP contribution in [0.4, 0.5) is 4.39 Å². The first-order chi connectivity index (χ1) is 13.9. The number of carbonyl (C=O) groups is 1. The minimum absolute atomic E-state index is 0.193. The number of halogens is 1. The van der Waals surface area contributed by atoms with Crippen LogP contribution in [0.1, 0.15) is 60.5 Å². The highest BCUT2D eigenvalue weighted by molar-refractivity contribution is 7.80. The van der Waals surface area contributed by atoms with Crippen molar-refractivity contribution in [1.82, 2.24) is 10.6 Å². The molecule has 152 valence electrons. The van der Waals surface area contributed by atoms with E-state index in [0.717, 1.165) is 24.8 Å². The van der Waals surface area contributed by atoms with E-state index in [1.54, 1.807) is 30.3 Å². The van der Waals surface area contributed by atoms with Gasteiger partial charge in [-0.05, 0) is 76.4 Å². The standard InChI is InChI=1S/C24H27FN2OS/c1-17-13-14-21(25)20(15-17)24(2,16-18-9-5-3-6-10-18)27-23(29)26-22(28)19-11-7-4-8-12-19/h4,7-9,11-15H,3,5-6,10,16H2,1-2H3,(H2,26,27,28,29). The van der Waals surface area contributed by atoms with Crippen LogP contribution in [0, 0.1) is 12.7 Å². The second-order valence-corrected chi connectivity index (χ2v) is 8.28. The molecule has 0 aromatic heterocycles. The molecule has 0 spiro atoms. The average Bonchev–Trinajstić information content (AvgIpc) is 2.71. The Morgan fingerprint density at radius 2 is 1.93 bits per heavy atom. The summed E-state index contributed by atoms with van der Waals surface area (Å²) in [4.78, 5) is 12.5. The maximum absolute atomic E-state index is 14.8. The molecule has 3 rings (SSSR count).